The molecule has 4 heteroatoms. The lowest BCUT2D eigenvalue weighted by molar-refractivity contribution is 0.0993. The second kappa shape index (κ2) is 3.28. The summed E-state index contributed by atoms with van der Waals surface area (Å²) in [5.74, 6) is -0.442. The summed E-state index contributed by atoms with van der Waals surface area (Å²) in [7, 11) is 1.80. The molecule has 0 aliphatic rings. The van der Waals surface area contributed by atoms with Crippen molar-refractivity contribution in [1.82, 2.24) is 4.57 Å². The van der Waals surface area contributed by atoms with Crippen molar-refractivity contribution in [1.29, 1.82) is 0 Å². The van der Waals surface area contributed by atoms with Crippen LogP contribution >= 0.6 is 11.6 Å². The molecule has 0 bridgehead atoms. The standard InChI is InChI=1S/C11H11ClN2O/c1-6-3-8(12)7-5-10(11(13)15)14(2)9(7)4-6/h3-5H,1-2H3,(H2,13,15). The molecule has 0 unspecified atom stereocenters. The Morgan fingerprint density at radius 3 is 2.67 bits per heavy atom. The number of fused-ring (bicyclic) bond motifs is 1. The fourth-order valence-corrected chi connectivity index (χ4v) is 2.08. The molecule has 2 N–H and O–H groups in total. The number of hydrogen-bond acceptors (Lipinski definition) is 1. The van der Waals surface area contributed by atoms with Gasteiger partial charge in [0.25, 0.3) is 5.91 Å². The van der Waals surface area contributed by atoms with Gasteiger partial charge in [0.15, 0.2) is 0 Å². The second-order valence-corrected chi connectivity index (χ2v) is 4.04. The molecule has 1 aromatic heterocycles. The zero-order chi connectivity index (χ0) is 11.2. The van der Waals surface area contributed by atoms with Gasteiger partial charge < -0.3 is 10.3 Å². The molecule has 0 radical (unpaired) electrons. The molecule has 15 heavy (non-hydrogen) atoms. The number of aryl methyl sites for hydroxylation is 2. The van der Waals surface area contributed by atoms with E-state index in [0.717, 1.165) is 16.5 Å². The Bertz CT molecular complexity index is 557. The van der Waals surface area contributed by atoms with Gasteiger partial charge in [0.2, 0.25) is 0 Å². The van der Waals surface area contributed by atoms with E-state index < -0.39 is 5.91 Å². The number of benzene rings is 1. The monoisotopic (exact) mass is 222 g/mol. The van der Waals surface area contributed by atoms with Gasteiger partial charge in [-0.25, -0.2) is 0 Å². The van der Waals surface area contributed by atoms with E-state index in [2.05, 4.69) is 0 Å². The SMILES string of the molecule is Cc1cc(Cl)c2cc(C(N)=O)n(C)c2c1. The lowest BCUT2D eigenvalue weighted by Crippen LogP contribution is -2.14. The average molecular weight is 223 g/mol. The quantitative estimate of drug-likeness (QED) is 0.791. The Kier molecular flexibility index (Phi) is 2.20. The molecule has 0 aliphatic heterocycles. The van der Waals surface area contributed by atoms with Gasteiger partial charge >= 0.3 is 0 Å². The van der Waals surface area contributed by atoms with E-state index in [9.17, 15) is 4.79 Å². The molecular weight excluding hydrogens is 212 g/mol. The Hall–Kier alpha value is -1.48. The summed E-state index contributed by atoms with van der Waals surface area (Å²) in [6.07, 6.45) is 0. The van der Waals surface area contributed by atoms with Crippen LogP contribution in [0.4, 0.5) is 0 Å². The first-order valence-electron chi connectivity index (χ1n) is 4.56. The van der Waals surface area contributed by atoms with Crippen LogP contribution in [0.5, 0.6) is 0 Å². The van der Waals surface area contributed by atoms with Crippen LogP contribution in [0.25, 0.3) is 10.9 Å². The highest BCUT2D eigenvalue weighted by Gasteiger charge is 2.12. The number of nitrogens with zero attached hydrogens (tertiary/aromatic N) is 1. The van der Waals surface area contributed by atoms with Crippen molar-refractivity contribution in [3.63, 3.8) is 0 Å². The number of nitrogens with two attached hydrogens (primary N) is 1. The summed E-state index contributed by atoms with van der Waals surface area (Å²) < 4.78 is 1.76. The third kappa shape index (κ3) is 1.49. The number of rotatable bonds is 1. The highest BCUT2D eigenvalue weighted by atomic mass is 35.5. The minimum atomic E-state index is -0.442. The molecule has 2 rings (SSSR count). The highest BCUT2D eigenvalue weighted by molar-refractivity contribution is 6.35. The molecule has 3 nitrogen and oxygen atoms in total. The van der Waals surface area contributed by atoms with Gasteiger partial charge in [-0.2, -0.15) is 0 Å². The molecule has 0 saturated carbocycles. The summed E-state index contributed by atoms with van der Waals surface area (Å²) in [4.78, 5) is 11.1. The first-order chi connectivity index (χ1) is 7.00. The smallest absolute Gasteiger partial charge is 0.265 e. The molecule has 1 aromatic carbocycles. The lowest BCUT2D eigenvalue weighted by Gasteiger charge is -2.01. The van der Waals surface area contributed by atoms with Gasteiger partial charge in [-0.05, 0) is 30.7 Å². The van der Waals surface area contributed by atoms with Crippen molar-refractivity contribution >= 4 is 28.4 Å². The maximum atomic E-state index is 11.1. The normalized spacial score (nSPS) is 10.9. The zero-order valence-corrected chi connectivity index (χ0v) is 9.30. The van der Waals surface area contributed by atoms with Crippen LogP contribution in [0.15, 0.2) is 18.2 Å². The third-order valence-corrected chi connectivity index (χ3v) is 2.82. The van der Waals surface area contributed by atoms with E-state index in [1.807, 2.05) is 19.1 Å². The molecule has 2 aromatic rings. The van der Waals surface area contributed by atoms with Gasteiger partial charge in [-0.15, -0.1) is 0 Å². The van der Waals surface area contributed by atoms with Crippen LogP contribution in [-0.4, -0.2) is 10.5 Å². The van der Waals surface area contributed by atoms with Crippen LogP contribution in [0.3, 0.4) is 0 Å². The molecular formula is C11H11ClN2O. The summed E-state index contributed by atoms with van der Waals surface area (Å²) in [6, 6.07) is 5.57. The van der Waals surface area contributed by atoms with Crippen LogP contribution in [0, 0.1) is 6.92 Å². The summed E-state index contributed by atoms with van der Waals surface area (Å²) >= 11 is 6.09. The first kappa shape index (κ1) is 10.1. The topological polar surface area (TPSA) is 48.0 Å². The van der Waals surface area contributed by atoms with Gasteiger partial charge in [0, 0.05) is 12.4 Å². The van der Waals surface area contributed by atoms with E-state index in [-0.39, 0.29) is 0 Å². The predicted molar refractivity (Wildman–Crippen MR) is 61.2 cm³/mol. The Morgan fingerprint density at radius 2 is 2.07 bits per heavy atom. The van der Waals surface area contributed by atoms with Crippen molar-refractivity contribution in [2.24, 2.45) is 12.8 Å². The average Bonchev–Trinajstić information content (AvgIpc) is 2.44. The number of amides is 1. The van der Waals surface area contributed by atoms with E-state index in [4.69, 9.17) is 17.3 Å². The molecule has 78 valence electrons. The summed E-state index contributed by atoms with van der Waals surface area (Å²) in [5.41, 5.74) is 7.72. The molecule has 1 amide bonds. The van der Waals surface area contributed by atoms with Crippen molar-refractivity contribution in [3.8, 4) is 0 Å². The molecule has 0 saturated heterocycles. The Morgan fingerprint density at radius 1 is 1.40 bits per heavy atom. The molecule has 0 fully saturated rings. The van der Waals surface area contributed by atoms with Gasteiger partial charge in [-0.3, -0.25) is 4.79 Å². The Labute approximate surface area is 92.4 Å². The van der Waals surface area contributed by atoms with Crippen molar-refractivity contribution in [2.75, 3.05) is 0 Å². The number of aromatic nitrogens is 1. The van der Waals surface area contributed by atoms with E-state index >= 15 is 0 Å². The highest BCUT2D eigenvalue weighted by Crippen LogP contribution is 2.27. The summed E-state index contributed by atoms with van der Waals surface area (Å²) in [6.45, 7) is 1.96. The number of primary amides is 1. The number of hydrogen-bond donors (Lipinski definition) is 1. The minimum Gasteiger partial charge on any atom is -0.364 e. The first-order valence-corrected chi connectivity index (χ1v) is 4.94. The summed E-state index contributed by atoms with van der Waals surface area (Å²) in [5, 5.41) is 1.51. The largest absolute Gasteiger partial charge is 0.364 e. The number of halogens is 1. The maximum absolute atomic E-state index is 11.1. The van der Waals surface area contributed by atoms with E-state index in [0.29, 0.717) is 10.7 Å². The molecule has 0 aliphatic carbocycles. The van der Waals surface area contributed by atoms with Crippen molar-refractivity contribution < 1.29 is 4.79 Å². The van der Waals surface area contributed by atoms with Crippen molar-refractivity contribution in [2.45, 2.75) is 6.92 Å². The molecule has 1 heterocycles. The zero-order valence-electron chi connectivity index (χ0n) is 8.54. The number of carbonyl (C=O) groups excluding carboxylic acids is 1. The molecule has 0 spiro atoms. The van der Waals surface area contributed by atoms with Gasteiger partial charge in [-0.1, -0.05) is 11.6 Å². The fraction of sp³-hybridized carbons (Fsp3) is 0.182. The van der Waals surface area contributed by atoms with Crippen LogP contribution in [0.2, 0.25) is 5.02 Å². The molecule has 0 atom stereocenters. The second-order valence-electron chi connectivity index (χ2n) is 3.63. The minimum absolute atomic E-state index is 0.442. The maximum Gasteiger partial charge on any atom is 0.265 e. The van der Waals surface area contributed by atoms with E-state index in [1.165, 1.54) is 0 Å². The lowest BCUT2D eigenvalue weighted by atomic mass is 10.2. The van der Waals surface area contributed by atoms with Crippen LogP contribution < -0.4 is 5.73 Å². The number of carbonyl (C=O) groups is 1. The van der Waals surface area contributed by atoms with Gasteiger partial charge in [0.05, 0.1) is 10.5 Å². The Balaban J connectivity index is 2.88. The van der Waals surface area contributed by atoms with Crippen LogP contribution in [0.1, 0.15) is 16.1 Å². The van der Waals surface area contributed by atoms with E-state index in [1.54, 1.807) is 17.7 Å². The predicted octanol–water partition coefficient (Wildman–Crippen LogP) is 2.24. The fourth-order valence-electron chi connectivity index (χ4n) is 1.76. The van der Waals surface area contributed by atoms with Gasteiger partial charge in [0.1, 0.15) is 5.69 Å². The van der Waals surface area contributed by atoms with Crippen molar-refractivity contribution in [3.05, 3.63) is 34.5 Å². The third-order valence-electron chi connectivity index (χ3n) is 2.51. The van der Waals surface area contributed by atoms with Crippen LogP contribution in [-0.2, 0) is 7.05 Å².